The van der Waals surface area contributed by atoms with E-state index in [1.807, 2.05) is 26.0 Å². The van der Waals surface area contributed by atoms with Crippen LogP contribution in [0.15, 0.2) is 29.3 Å². The number of carbonyl (C=O) groups is 1. The number of rotatable bonds is 2. The van der Waals surface area contributed by atoms with Crippen molar-refractivity contribution in [3.8, 4) is 0 Å². The highest BCUT2D eigenvalue weighted by atomic mass is 32.2. The molecule has 0 fully saturated rings. The molecule has 2 N–H and O–H groups in total. The summed E-state index contributed by atoms with van der Waals surface area (Å²) in [5.41, 5.74) is 1.42. The Hall–Kier alpha value is -2.02. The van der Waals surface area contributed by atoms with E-state index in [1.165, 1.54) is 11.8 Å². The van der Waals surface area contributed by atoms with Crippen LogP contribution >= 0.6 is 11.8 Å². The third-order valence-corrected chi connectivity index (χ3v) is 4.66. The summed E-state index contributed by atoms with van der Waals surface area (Å²) in [6.45, 7) is 3.92. The molecule has 7 heteroatoms. The summed E-state index contributed by atoms with van der Waals surface area (Å²) in [5, 5.41) is 5.49. The van der Waals surface area contributed by atoms with Crippen LogP contribution in [0.5, 0.6) is 0 Å². The highest BCUT2D eigenvalue weighted by Crippen LogP contribution is 2.39. The zero-order valence-electron chi connectivity index (χ0n) is 11.8. The lowest BCUT2D eigenvalue weighted by molar-refractivity contribution is -0.113. The number of aromatic nitrogens is 3. The third-order valence-electron chi connectivity index (χ3n) is 3.39. The molecule has 2 aromatic heterocycles. The minimum Gasteiger partial charge on any atom is -0.310 e. The SMILES string of the molecule is CC(C)n1[nH]c(=O)c2c1NC(=O)CSC2c1ccncc1. The van der Waals surface area contributed by atoms with Gasteiger partial charge in [0, 0.05) is 18.4 Å². The largest absolute Gasteiger partial charge is 0.310 e. The van der Waals surface area contributed by atoms with Gasteiger partial charge < -0.3 is 5.32 Å². The van der Waals surface area contributed by atoms with E-state index >= 15 is 0 Å². The van der Waals surface area contributed by atoms with Gasteiger partial charge >= 0.3 is 0 Å². The Labute approximate surface area is 125 Å². The number of anilines is 1. The molecule has 1 unspecified atom stereocenters. The molecule has 3 rings (SSSR count). The number of carbonyl (C=O) groups excluding carboxylic acids is 1. The Kier molecular flexibility index (Phi) is 3.59. The molecule has 0 spiro atoms. The molecule has 0 saturated heterocycles. The summed E-state index contributed by atoms with van der Waals surface area (Å²) in [6.07, 6.45) is 3.40. The maximum Gasteiger partial charge on any atom is 0.270 e. The third kappa shape index (κ3) is 2.49. The van der Waals surface area contributed by atoms with E-state index in [1.54, 1.807) is 17.1 Å². The molecule has 1 atom stereocenters. The number of nitrogens with one attached hydrogen (secondary N) is 2. The number of hydrogen-bond acceptors (Lipinski definition) is 4. The van der Waals surface area contributed by atoms with Crippen LogP contribution in [0.3, 0.4) is 0 Å². The molecule has 0 radical (unpaired) electrons. The fourth-order valence-electron chi connectivity index (χ4n) is 2.43. The van der Waals surface area contributed by atoms with Crippen molar-refractivity contribution in [2.45, 2.75) is 25.1 Å². The van der Waals surface area contributed by atoms with E-state index in [4.69, 9.17) is 0 Å². The number of aromatic amines is 1. The van der Waals surface area contributed by atoms with Crippen molar-refractivity contribution in [1.82, 2.24) is 14.8 Å². The topological polar surface area (TPSA) is 79.8 Å². The van der Waals surface area contributed by atoms with Crippen molar-refractivity contribution in [2.75, 3.05) is 11.1 Å². The number of hydrogen-bond donors (Lipinski definition) is 2. The highest BCUT2D eigenvalue weighted by molar-refractivity contribution is 8.00. The first-order valence-electron chi connectivity index (χ1n) is 6.73. The lowest BCUT2D eigenvalue weighted by Crippen LogP contribution is -2.17. The van der Waals surface area contributed by atoms with Crippen LogP contribution < -0.4 is 10.9 Å². The van der Waals surface area contributed by atoms with Crippen molar-refractivity contribution >= 4 is 23.5 Å². The molecule has 0 aromatic carbocycles. The van der Waals surface area contributed by atoms with Crippen LogP contribution in [0, 0.1) is 0 Å². The average molecular weight is 304 g/mol. The standard InChI is InChI=1S/C14H16N4O2S/c1-8(2)18-13-11(14(20)17-18)12(21-7-10(19)16-13)9-3-5-15-6-4-9/h3-6,8,12H,7H2,1-2H3,(H,16,19)(H,17,20). The van der Waals surface area contributed by atoms with E-state index in [2.05, 4.69) is 15.4 Å². The molecule has 2 aromatic rings. The Bertz CT molecular complexity index is 720. The average Bonchev–Trinajstić information content (AvgIpc) is 2.68. The number of H-pyrrole nitrogens is 1. The normalized spacial score (nSPS) is 18.2. The molecular formula is C14H16N4O2S. The van der Waals surface area contributed by atoms with E-state index in [0.717, 1.165) is 5.56 Å². The smallest absolute Gasteiger partial charge is 0.270 e. The lowest BCUT2D eigenvalue weighted by Gasteiger charge is -2.14. The van der Waals surface area contributed by atoms with Crippen molar-refractivity contribution < 1.29 is 4.79 Å². The van der Waals surface area contributed by atoms with Gasteiger partial charge in [-0.15, -0.1) is 11.8 Å². The second-order valence-electron chi connectivity index (χ2n) is 5.19. The number of nitrogens with zero attached hydrogens (tertiary/aromatic N) is 2. The molecule has 0 bridgehead atoms. The first-order chi connectivity index (χ1) is 10.1. The summed E-state index contributed by atoms with van der Waals surface area (Å²) in [7, 11) is 0. The summed E-state index contributed by atoms with van der Waals surface area (Å²) in [5.74, 6) is 0.803. The van der Waals surface area contributed by atoms with Gasteiger partial charge in [0.2, 0.25) is 5.91 Å². The minimum atomic E-state index is -0.175. The molecule has 0 saturated carbocycles. The number of thioether (sulfide) groups is 1. The first-order valence-corrected chi connectivity index (χ1v) is 7.78. The van der Waals surface area contributed by atoms with Gasteiger partial charge in [0.1, 0.15) is 5.82 Å². The Morgan fingerprint density at radius 3 is 2.71 bits per heavy atom. The van der Waals surface area contributed by atoms with E-state index in [9.17, 15) is 9.59 Å². The summed E-state index contributed by atoms with van der Waals surface area (Å²) in [6, 6.07) is 3.82. The first kappa shape index (κ1) is 13.9. The monoisotopic (exact) mass is 304 g/mol. The Morgan fingerprint density at radius 2 is 2.05 bits per heavy atom. The minimum absolute atomic E-state index is 0.0583. The molecule has 110 valence electrons. The van der Waals surface area contributed by atoms with Gasteiger partial charge in [0.05, 0.1) is 16.6 Å². The highest BCUT2D eigenvalue weighted by Gasteiger charge is 2.30. The van der Waals surface area contributed by atoms with Gasteiger partial charge in [0.15, 0.2) is 0 Å². The van der Waals surface area contributed by atoms with Crippen molar-refractivity contribution in [2.24, 2.45) is 0 Å². The maximum atomic E-state index is 12.4. The van der Waals surface area contributed by atoms with Gasteiger partial charge in [-0.05, 0) is 31.5 Å². The Morgan fingerprint density at radius 1 is 1.33 bits per heavy atom. The Balaban J connectivity index is 2.19. The van der Waals surface area contributed by atoms with E-state index in [0.29, 0.717) is 17.1 Å². The molecule has 3 heterocycles. The summed E-state index contributed by atoms with van der Waals surface area (Å²) < 4.78 is 1.72. The molecule has 1 amide bonds. The van der Waals surface area contributed by atoms with Gasteiger partial charge in [-0.1, -0.05) is 0 Å². The predicted octanol–water partition coefficient (Wildman–Crippen LogP) is 1.93. The van der Waals surface area contributed by atoms with Crippen LogP contribution in [0.4, 0.5) is 5.82 Å². The predicted molar refractivity (Wildman–Crippen MR) is 82.6 cm³/mol. The van der Waals surface area contributed by atoms with Crippen molar-refractivity contribution in [3.05, 3.63) is 46.0 Å². The zero-order valence-corrected chi connectivity index (χ0v) is 12.6. The van der Waals surface area contributed by atoms with Crippen LogP contribution in [0.1, 0.15) is 36.3 Å². The van der Waals surface area contributed by atoms with Gasteiger partial charge in [0.25, 0.3) is 5.56 Å². The molecule has 1 aliphatic heterocycles. The molecule has 0 aliphatic carbocycles. The van der Waals surface area contributed by atoms with Crippen molar-refractivity contribution in [3.63, 3.8) is 0 Å². The van der Waals surface area contributed by atoms with Crippen LogP contribution in [0.2, 0.25) is 0 Å². The van der Waals surface area contributed by atoms with Crippen LogP contribution in [-0.2, 0) is 4.79 Å². The second kappa shape index (κ2) is 5.40. The van der Waals surface area contributed by atoms with Gasteiger partial charge in [-0.2, -0.15) is 0 Å². The number of pyridine rings is 1. The second-order valence-corrected chi connectivity index (χ2v) is 6.28. The number of fused-ring (bicyclic) bond motifs is 1. The van der Waals surface area contributed by atoms with E-state index in [-0.39, 0.29) is 22.8 Å². The fraction of sp³-hybridized carbons (Fsp3) is 0.357. The molecule has 1 aliphatic rings. The fourth-order valence-corrected chi connectivity index (χ4v) is 3.56. The van der Waals surface area contributed by atoms with Crippen LogP contribution in [0.25, 0.3) is 0 Å². The summed E-state index contributed by atoms with van der Waals surface area (Å²) >= 11 is 1.45. The molecule has 6 nitrogen and oxygen atoms in total. The maximum absolute atomic E-state index is 12.4. The molecular weight excluding hydrogens is 288 g/mol. The van der Waals surface area contributed by atoms with Gasteiger partial charge in [-0.3, -0.25) is 24.4 Å². The van der Waals surface area contributed by atoms with Gasteiger partial charge in [-0.25, -0.2) is 0 Å². The van der Waals surface area contributed by atoms with E-state index < -0.39 is 0 Å². The quantitative estimate of drug-likeness (QED) is 0.888. The van der Waals surface area contributed by atoms with Crippen molar-refractivity contribution in [1.29, 1.82) is 0 Å². The lowest BCUT2D eigenvalue weighted by atomic mass is 10.1. The zero-order chi connectivity index (χ0) is 15.0. The summed E-state index contributed by atoms with van der Waals surface area (Å²) in [4.78, 5) is 28.3. The molecule has 21 heavy (non-hydrogen) atoms. The van der Waals surface area contributed by atoms with Crippen LogP contribution in [-0.4, -0.2) is 26.4 Å². The number of amides is 1.